The SMILES string of the molecule is CCNC(=NCc1oc2ccccc2c1C)N1CCC(c2cnn(C)c2)C1. The molecular formula is C21H27N5O. The molecule has 0 amide bonds. The zero-order valence-electron chi connectivity index (χ0n) is 16.3. The van der Waals surface area contributed by atoms with Crippen molar-refractivity contribution in [1.29, 1.82) is 0 Å². The van der Waals surface area contributed by atoms with E-state index in [-0.39, 0.29) is 0 Å². The maximum Gasteiger partial charge on any atom is 0.194 e. The fraction of sp³-hybridized carbons (Fsp3) is 0.429. The van der Waals surface area contributed by atoms with Crippen molar-refractivity contribution < 1.29 is 4.42 Å². The highest BCUT2D eigenvalue weighted by atomic mass is 16.3. The molecule has 1 unspecified atom stereocenters. The Morgan fingerprint density at radius 3 is 2.96 bits per heavy atom. The second kappa shape index (κ2) is 7.47. The van der Waals surface area contributed by atoms with Gasteiger partial charge in [0.1, 0.15) is 17.9 Å². The summed E-state index contributed by atoms with van der Waals surface area (Å²) in [4.78, 5) is 7.22. The van der Waals surface area contributed by atoms with E-state index in [2.05, 4.69) is 41.4 Å². The minimum atomic E-state index is 0.510. The maximum atomic E-state index is 6.02. The van der Waals surface area contributed by atoms with E-state index in [0.717, 1.165) is 43.4 Å². The molecule has 0 spiro atoms. The number of fused-ring (bicyclic) bond motifs is 1. The fourth-order valence-corrected chi connectivity index (χ4v) is 3.82. The third kappa shape index (κ3) is 3.56. The van der Waals surface area contributed by atoms with Gasteiger partial charge in [-0.25, -0.2) is 4.99 Å². The zero-order valence-corrected chi connectivity index (χ0v) is 16.3. The molecule has 1 fully saturated rings. The van der Waals surface area contributed by atoms with Crippen molar-refractivity contribution in [2.45, 2.75) is 32.7 Å². The van der Waals surface area contributed by atoms with Gasteiger partial charge in [-0.1, -0.05) is 18.2 Å². The minimum absolute atomic E-state index is 0.510. The van der Waals surface area contributed by atoms with Crippen LogP contribution in [0.5, 0.6) is 0 Å². The molecule has 6 heteroatoms. The number of likely N-dealkylation sites (tertiary alicyclic amines) is 1. The number of nitrogens with zero attached hydrogens (tertiary/aromatic N) is 4. The van der Waals surface area contributed by atoms with Crippen molar-refractivity contribution in [3.8, 4) is 0 Å². The number of aliphatic imine (C=N–C) groups is 1. The third-order valence-electron chi connectivity index (χ3n) is 5.33. The molecule has 0 radical (unpaired) electrons. The highest BCUT2D eigenvalue weighted by Crippen LogP contribution is 2.28. The number of nitrogens with one attached hydrogen (secondary N) is 1. The molecule has 3 aromatic rings. The van der Waals surface area contributed by atoms with Gasteiger partial charge >= 0.3 is 0 Å². The van der Waals surface area contributed by atoms with Crippen molar-refractivity contribution in [3.05, 3.63) is 53.5 Å². The summed E-state index contributed by atoms with van der Waals surface area (Å²) >= 11 is 0. The van der Waals surface area contributed by atoms with Crippen LogP contribution in [-0.2, 0) is 13.6 Å². The molecule has 0 saturated carbocycles. The third-order valence-corrected chi connectivity index (χ3v) is 5.33. The number of guanidine groups is 1. The Balaban J connectivity index is 1.51. The number of hydrogen-bond acceptors (Lipinski definition) is 3. The van der Waals surface area contributed by atoms with Crippen molar-refractivity contribution in [2.24, 2.45) is 12.0 Å². The van der Waals surface area contributed by atoms with Gasteiger partial charge in [-0.15, -0.1) is 0 Å². The smallest absolute Gasteiger partial charge is 0.194 e. The average molecular weight is 365 g/mol. The summed E-state index contributed by atoms with van der Waals surface area (Å²) in [6.45, 7) is 7.60. The number of para-hydroxylation sites is 1. The lowest BCUT2D eigenvalue weighted by molar-refractivity contribution is 0.481. The van der Waals surface area contributed by atoms with E-state index in [1.165, 1.54) is 16.5 Å². The van der Waals surface area contributed by atoms with Crippen LogP contribution >= 0.6 is 0 Å². The van der Waals surface area contributed by atoms with E-state index in [0.29, 0.717) is 12.5 Å². The van der Waals surface area contributed by atoms with Gasteiger partial charge in [-0.05, 0) is 31.9 Å². The topological polar surface area (TPSA) is 58.6 Å². The van der Waals surface area contributed by atoms with Crippen LogP contribution in [0.3, 0.4) is 0 Å². The zero-order chi connectivity index (χ0) is 18.8. The highest BCUT2D eigenvalue weighted by molar-refractivity contribution is 5.82. The first-order valence-corrected chi connectivity index (χ1v) is 9.64. The molecule has 27 heavy (non-hydrogen) atoms. The Morgan fingerprint density at radius 2 is 2.22 bits per heavy atom. The molecule has 142 valence electrons. The van der Waals surface area contributed by atoms with Gasteiger partial charge in [0.25, 0.3) is 0 Å². The van der Waals surface area contributed by atoms with E-state index < -0.39 is 0 Å². The van der Waals surface area contributed by atoms with E-state index in [9.17, 15) is 0 Å². The second-order valence-electron chi connectivity index (χ2n) is 7.20. The second-order valence-corrected chi connectivity index (χ2v) is 7.20. The molecule has 2 aromatic heterocycles. The predicted molar refractivity (Wildman–Crippen MR) is 108 cm³/mol. The molecular weight excluding hydrogens is 338 g/mol. The average Bonchev–Trinajstić information content (AvgIpc) is 3.38. The fourth-order valence-electron chi connectivity index (χ4n) is 3.82. The van der Waals surface area contributed by atoms with E-state index in [1.807, 2.05) is 36.1 Å². The highest BCUT2D eigenvalue weighted by Gasteiger charge is 2.27. The van der Waals surface area contributed by atoms with Gasteiger partial charge in [-0.3, -0.25) is 4.68 Å². The Kier molecular flexibility index (Phi) is 4.88. The van der Waals surface area contributed by atoms with Crippen molar-refractivity contribution in [1.82, 2.24) is 20.0 Å². The Bertz CT molecular complexity index is 955. The van der Waals surface area contributed by atoms with Crippen molar-refractivity contribution in [3.63, 3.8) is 0 Å². The first kappa shape index (κ1) is 17.6. The molecule has 1 N–H and O–H groups in total. The van der Waals surface area contributed by atoms with Crippen LogP contribution in [-0.4, -0.2) is 40.3 Å². The van der Waals surface area contributed by atoms with E-state index in [1.54, 1.807) is 0 Å². The molecule has 1 saturated heterocycles. The summed E-state index contributed by atoms with van der Waals surface area (Å²) in [5.41, 5.74) is 3.42. The summed E-state index contributed by atoms with van der Waals surface area (Å²) in [5, 5.41) is 8.92. The van der Waals surface area contributed by atoms with Gasteiger partial charge in [-0.2, -0.15) is 5.10 Å². The first-order chi connectivity index (χ1) is 13.2. The monoisotopic (exact) mass is 365 g/mol. The number of aryl methyl sites for hydroxylation is 2. The summed E-state index contributed by atoms with van der Waals surface area (Å²) in [7, 11) is 1.97. The number of furan rings is 1. The van der Waals surface area contributed by atoms with Crippen LogP contribution in [0.2, 0.25) is 0 Å². The molecule has 6 nitrogen and oxygen atoms in total. The maximum absolute atomic E-state index is 6.02. The van der Waals surface area contributed by atoms with Crippen LogP contribution in [0.1, 0.15) is 36.1 Å². The summed E-state index contributed by atoms with van der Waals surface area (Å²) in [5.74, 6) is 2.41. The number of benzene rings is 1. The molecule has 3 heterocycles. The first-order valence-electron chi connectivity index (χ1n) is 9.64. The largest absolute Gasteiger partial charge is 0.459 e. The van der Waals surface area contributed by atoms with Gasteiger partial charge in [0, 0.05) is 49.7 Å². The molecule has 0 bridgehead atoms. The summed E-state index contributed by atoms with van der Waals surface area (Å²) in [6, 6.07) is 8.17. The molecule has 4 rings (SSSR count). The van der Waals surface area contributed by atoms with E-state index in [4.69, 9.17) is 9.41 Å². The van der Waals surface area contributed by atoms with Crippen molar-refractivity contribution >= 4 is 16.9 Å². The predicted octanol–water partition coefficient (Wildman–Crippen LogP) is 3.43. The molecule has 1 aliphatic heterocycles. The Hall–Kier alpha value is -2.76. The Labute approximate surface area is 159 Å². The van der Waals surface area contributed by atoms with Crippen LogP contribution in [0.15, 0.2) is 46.1 Å². The number of rotatable bonds is 4. The van der Waals surface area contributed by atoms with Crippen LogP contribution in [0, 0.1) is 6.92 Å². The van der Waals surface area contributed by atoms with Gasteiger partial charge in [0.2, 0.25) is 0 Å². The molecule has 0 aliphatic carbocycles. The van der Waals surface area contributed by atoms with Crippen LogP contribution in [0.25, 0.3) is 11.0 Å². The van der Waals surface area contributed by atoms with Gasteiger partial charge in [0.05, 0.1) is 6.20 Å². The Morgan fingerprint density at radius 1 is 1.37 bits per heavy atom. The lowest BCUT2D eigenvalue weighted by Crippen LogP contribution is -2.40. The van der Waals surface area contributed by atoms with Crippen LogP contribution in [0.4, 0.5) is 0 Å². The van der Waals surface area contributed by atoms with E-state index >= 15 is 0 Å². The molecule has 1 aliphatic rings. The van der Waals surface area contributed by atoms with Gasteiger partial charge < -0.3 is 14.6 Å². The number of hydrogen-bond donors (Lipinski definition) is 1. The quantitative estimate of drug-likeness (QED) is 0.568. The molecule has 1 atom stereocenters. The normalized spacial score (nSPS) is 17.8. The number of aromatic nitrogens is 2. The molecule has 1 aromatic carbocycles. The summed E-state index contributed by atoms with van der Waals surface area (Å²) < 4.78 is 7.90. The standard InChI is InChI=1S/C21H27N5O/c1-4-22-21(26-10-9-16(14-26)17-11-24-25(3)13-17)23-12-20-15(2)18-7-5-6-8-19(18)27-20/h5-8,11,13,16H,4,9-10,12,14H2,1-3H3,(H,22,23). The lowest BCUT2D eigenvalue weighted by atomic mass is 10.0. The van der Waals surface area contributed by atoms with Crippen LogP contribution < -0.4 is 5.32 Å². The lowest BCUT2D eigenvalue weighted by Gasteiger charge is -2.21. The van der Waals surface area contributed by atoms with Crippen molar-refractivity contribution in [2.75, 3.05) is 19.6 Å². The van der Waals surface area contributed by atoms with Gasteiger partial charge in [0.15, 0.2) is 5.96 Å². The summed E-state index contributed by atoms with van der Waals surface area (Å²) in [6.07, 6.45) is 5.23. The minimum Gasteiger partial charge on any atom is -0.459 e.